The minimum atomic E-state index is -1.49. The number of thiazole rings is 1. The molecule has 1 aromatic heterocycles. The number of benzene rings is 1. The molecular weight excluding hydrogens is 324 g/mol. The molecule has 1 saturated carbocycles. The molecule has 1 fully saturated rings. The molecule has 0 radical (unpaired) electrons. The van der Waals surface area contributed by atoms with Crippen LogP contribution in [0, 0.1) is 5.92 Å². The number of hydrogen-bond acceptors (Lipinski definition) is 5. The Bertz CT molecular complexity index is 649. The van der Waals surface area contributed by atoms with Crippen LogP contribution in [0.2, 0.25) is 0 Å². The highest BCUT2D eigenvalue weighted by atomic mass is 32.1. The molecule has 3 rings (SSSR count). The molecule has 3 N–H and O–H groups in total. The molecule has 1 aliphatic rings. The Labute approximate surface area is 145 Å². The lowest BCUT2D eigenvalue weighted by Crippen LogP contribution is -2.39. The van der Waals surface area contributed by atoms with Gasteiger partial charge in [0.15, 0.2) is 6.10 Å². The molecule has 130 valence electrons. The van der Waals surface area contributed by atoms with Gasteiger partial charge in [-0.05, 0) is 24.5 Å². The second-order valence-corrected chi connectivity index (χ2v) is 7.56. The number of nitrogens with one attached hydrogen (secondary N) is 1. The van der Waals surface area contributed by atoms with Crippen molar-refractivity contribution < 1.29 is 15.0 Å². The second kappa shape index (κ2) is 8.05. The summed E-state index contributed by atoms with van der Waals surface area (Å²) in [6.07, 6.45) is 4.48. The number of nitrogens with zero attached hydrogens (tertiary/aromatic N) is 1. The number of carbonyl (C=O) groups excluding carboxylic acids is 1. The van der Waals surface area contributed by atoms with Crippen molar-refractivity contribution in [3.05, 3.63) is 29.3 Å². The normalized spacial score (nSPS) is 18.4. The molecule has 1 aromatic carbocycles. The topological polar surface area (TPSA) is 82.5 Å². The Morgan fingerprint density at radius 3 is 2.75 bits per heavy atom. The van der Waals surface area contributed by atoms with E-state index in [4.69, 9.17) is 0 Å². The first kappa shape index (κ1) is 17.3. The average molecular weight is 348 g/mol. The fraction of sp³-hybridized carbons (Fsp3) is 0.556. The first-order valence-corrected chi connectivity index (χ1v) is 9.46. The quantitative estimate of drug-likeness (QED) is 0.750. The van der Waals surface area contributed by atoms with Crippen molar-refractivity contribution in [2.75, 3.05) is 6.54 Å². The van der Waals surface area contributed by atoms with Gasteiger partial charge in [-0.15, -0.1) is 11.3 Å². The number of amides is 1. The third-order valence-electron chi connectivity index (χ3n) is 4.71. The van der Waals surface area contributed by atoms with Gasteiger partial charge in [0.05, 0.1) is 10.2 Å². The Balaban J connectivity index is 1.52. The molecule has 2 aromatic rings. The van der Waals surface area contributed by atoms with Gasteiger partial charge in [0.2, 0.25) is 0 Å². The monoisotopic (exact) mass is 348 g/mol. The van der Waals surface area contributed by atoms with Crippen LogP contribution in [0.15, 0.2) is 24.3 Å². The van der Waals surface area contributed by atoms with Crippen LogP contribution in [-0.4, -0.2) is 33.8 Å². The summed E-state index contributed by atoms with van der Waals surface area (Å²) in [7, 11) is 0. The predicted octanol–water partition coefficient (Wildman–Crippen LogP) is 2.78. The average Bonchev–Trinajstić information content (AvgIpc) is 3.05. The third-order valence-corrected chi connectivity index (χ3v) is 5.81. The van der Waals surface area contributed by atoms with Crippen molar-refractivity contribution in [3.8, 4) is 0 Å². The van der Waals surface area contributed by atoms with Crippen molar-refractivity contribution in [2.45, 2.75) is 50.7 Å². The van der Waals surface area contributed by atoms with Crippen molar-refractivity contribution in [3.63, 3.8) is 0 Å². The third kappa shape index (κ3) is 4.12. The number of aromatic nitrogens is 1. The van der Waals surface area contributed by atoms with Crippen molar-refractivity contribution >= 4 is 27.5 Å². The smallest absolute Gasteiger partial charge is 0.252 e. The van der Waals surface area contributed by atoms with E-state index >= 15 is 0 Å². The number of fused-ring (bicyclic) bond motifs is 1. The summed E-state index contributed by atoms with van der Waals surface area (Å²) >= 11 is 1.30. The molecule has 2 atom stereocenters. The lowest BCUT2D eigenvalue weighted by Gasteiger charge is -2.22. The maximum absolute atomic E-state index is 12.1. The predicted molar refractivity (Wildman–Crippen MR) is 94.8 cm³/mol. The Morgan fingerprint density at radius 2 is 2.00 bits per heavy atom. The van der Waals surface area contributed by atoms with Crippen LogP contribution in [0.1, 0.15) is 49.6 Å². The minimum absolute atomic E-state index is 0.367. The standard InChI is InChI=1S/C18H24N2O3S/c21-15(17(23)19-11-10-12-6-2-1-3-7-12)16(22)18-20-13-8-4-5-9-14(13)24-18/h4-5,8-9,12,15-16,21-22H,1-3,6-7,10-11H2,(H,19,23)/t15-,16+/m0/s1. The number of rotatable bonds is 6. The van der Waals surface area contributed by atoms with E-state index < -0.39 is 18.1 Å². The molecule has 6 heteroatoms. The van der Waals surface area contributed by atoms with E-state index in [0.29, 0.717) is 17.5 Å². The highest BCUT2D eigenvalue weighted by molar-refractivity contribution is 7.18. The van der Waals surface area contributed by atoms with E-state index in [9.17, 15) is 15.0 Å². The summed E-state index contributed by atoms with van der Waals surface area (Å²) in [5, 5.41) is 23.5. The van der Waals surface area contributed by atoms with Gasteiger partial charge in [0, 0.05) is 6.54 Å². The van der Waals surface area contributed by atoms with E-state index in [-0.39, 0.29) is 0 Å². The van der Waals surface area contributed by atoms with Crippen LogP contribution in [-0.2, 0) is 4.79 Å². The molecule has 5 nitrogen and oxygen atoms in total. The summed E-state index contributed by atoms with van der Waals surface area (Å²) in [6.45, 7) is 0.549. The zero-order chi connectivity index (χ0) is 16.9. The fourth-order valence-corrected chi connectivity index (χ4v) is 4.26. The van der Waals surface area contributed by atoms with E-state index in [1.54, 1.807) is 0 Å². The molecule has 0 spiro atoms. The lowest BCUT2D eigenvalue weighted by molar-refractivity contribution is -0.135. The van der Waals surface area contributed by atoms with Gasteiger partial charge in [-0.25, -0.2) is 4.98 Å². The Hall–Kier alpha value is -1.50. The van der Waals surface area contributed by atoms with Crippen LogP contribution in [0.3, 0.4) is 0 Å². The zero-order valence-corrected chi connectivity index (χ0v) is 14.5. The van der Waals surface area contributed by atoms with Gasteiger partial charge in [-0.3, -0.25) is 4.79 Å². The number of aliphatic hydroxyl groups is 2. The fourth-order valence-electron chi connectivity index (χ4n) is 3.27. The molecule has 0 saturated heterocycles. The molecule has 1 aliphatic carbocycles. The molecule has 0 bridgehead atoms. The number of para-hydroxylation sites is 1. The van der Waals surface area contributed by atoms with E-state index in [0.717, 1.165) is 16.6 Å². The van der Waals surface area contributed by atoms with E-state index in [1.165, 1.54) is 43.4 Å². The van der Waals surface area contributed by atoms with Gasteiger partial charge >= 0.3 is 0 Å². The molecular formula is C18H24N2O3S. The molecule has 1 heterocycles. The number of carbonyl (C=O) groups is 1. The van der Waals surface area contributed by atoms with Gasteiger partial charge in [-0.1, -0.05) is 44.2 Å². The maximum Gasteiger partial charge on any atom is 0.252 e. The highest BCUT2D eigenvalue weighted by Gasteiger charge is 2.28. The molecule has 0 unspecified atom stereocenters. The summed E-state index contributed by atoms with van der Waals surface area (Å²) in [5.74, 6) is 0.142. The van der Waals surface area contributed by atoms with Crippen LogP contribution in [0.5, 0.6) is 0 Å². The first-order chi connectivity index (χ1) is 11.6. The van der Waals surface area contributed by atoms with Gasteiger partial charge in [0.1, 0.15) is 11.1 Å². The Morgan fingerprint density at radius 1 is 1.25 bits per heavy atom. The lowest BCUT2D eigenvalue weighted by atomic mass is 9.87. The van der Waals surface area contributed by atoms with Crippen molar-refractivity contribution in [1.29, 1.82) is 0 Å². The van der Waals surface area contributed by atoms with Gasteiger partial charge in [-0.2, -0.15) is 0 Å². The van der Waals surface area contributed by atoms with E-state index in [2.05, 4.69) is 10.3 Å². The van der Waals surface area contributed by atoms with Gasteiger partial charge in [0.25, 0.3) is 5.91 Å². The van der Waals surface area contributed by atoms with Gasteiger partial charge < -0.3 is 15.5 Å². The maximum atomic E-state index is 12.1. The minimum Gasteiger partial charge on any atom is -0.383 e. The summed E-state index contributed by atoms with van der Waals surface area (Å²) < 4.78 is 0.927. The van der Waals surface area contributed by atoms with Crippen LogP contribution < -0.4 is 5.32 Å². The summed E-state index contributed by atoms with van der Waals surface area (Å²) in [6, 6.07) is 7.51. The van der Waals surface area contributed by atoms with Crippen LogP contribution >= 0.6 is 11.3 Å². The summed E-state index contributed by atoms with van der Waals surface area (Å²) in [5.41, 5.74) is 0.765. The first-order valence-electron chi connectivity index (χ1n) is 8.64. The SMILES string of the molecule is O=C(NCCC1CCCCC1)[C@@H](O)[C@@H](O)c1nc2ccccc2s1. The van der Waals surface area contributed by atoms with E-state index in [1.807, 2.05) is 24.3 Å². The Kier molecular flexibility index (Phi) is 5.81. The molecule has 1 amide bonds. The highest BCUT2D eigenvalue weighted by Crippen LogP contribution is 2.28. The van der Waals surface area contributed by atoms with Crippen molar-refractivity contribution in [2.24, 2.45) is 5.92 Å². The molecule has 0 aliphatic heterocycles. The van der Waals surface area contributed by atoms with Crippen molar-refractivity contribution in [1.82, 2.24) is 10.3 Å². The zero-order valence-electron chi connectivity index (χ0n) is 13.6. The number of hydrogen-bond donors (Lipinski definition) is 3. The second-order valence-electron chi connectivity index (χ2n) is 6.49. The van der Waals surface area contributed by atoms with Crippen LogP contribution in [0.25, 0.3) is 10.2 Å². The van der Waals surface area contributed by atoms with Crippen LogP contribution in [0.4, 0.5) is 0 Å². The largest absolute Gasteiger partial charge is 0.383 e. The molecule has 24 heavy (non-hydrogen) atoms. The summed E-state index contributed by atoms with van der Waals surface area (Å²) in [4.78, 5) is 16.4. The number of aliphatic hydroxyl groups excluding tert-OH is 2.